The van der Waals surface area contributed by atoms with Crippen LogP contribution in [0, 0.1) is 13.8 Å². The summed E-state index contributed by atoms with van der Waals surface area (Å²) in [5.41, 5.74) is 2.19. The Morgan fingerprint density at radius 3 is 2.26 bits per heavy atom. The Balaban J connectivity index is 2.27. The van der Waals surface area contributed by atoms with Crippen molar-refractivity contribution in [2.45, 2.75) is 20.8 Å². The molecule has 0 aliphatic rings. The van der Waals surface area contributed by atoms with Gasteiger partial charge in [-0.25, -0.2) is 0 Å². The summed E-state index contributed by atoms with van der Waals surface area (Å²) in [7, 11) is 0. The summed E-state index contributed by atoms with van der Waals surface area (Å²) in [5, 5.41) is 0.0397. The van der Waals surface area contributed by atoms with Gasteiger partial charge in [0.2, 0.25) is 5.28 Å². The molecule has 0 bridgehead atoms. The van der Waals surface area contributed by atoms with Crippen molar-refractivity contribution in [1.29, 1.82) is 0 Å². The van der Waals surface area contributed by atoms with Crippen molar-refractivity contribution >= 4 is 11.6 Å². The minimum absolute atomic E-state index is 0.0397. The van der Waals surface area contributed by atoms with Gasteiger partial charge in [-0.2, -0.15) is 9.97 Å². The second kappa shape index (κ2) is 5.84. The van der Waals surface area contributed by atoms with Gasteiger partial charge >= 0.3 is 12.0 Å². The highest BCUT2D eigenvalue weighted by Gasteiger charge is 2.08. The molecule has 19 heavy (non-hydrogen) atoms. The molecule has 0 unspecified atom stereocenters. The van der Waals surface area contributed by atoms with E-state index in [4.69, 9.17) is 21.1 Å². The van der Waals surface area contributed by atoms with Crippen molar-refractivity contribution in [3.05, 3.63) is 34.6 Å². The molecule has 0 fully saturated rings. The van der Waals surface area contributed by atoms with E-state index in [-0.39, 0.29) is 17.3 Å². The van der Waals surface area contributed by atoms with Gasteiger partial charge in [0, 0.05) is 0 Å². The average Bonchev–Trinajstić information content (AvgIpc) is 2.26. The van der Waals surface area contributed by atoms with Gasteiger partial charge in [0.1, 0.15) is 5.75 Å². The van der Waals surface area contributed by atoms with Crippen LogP contribution in [0.3, 0.4) is 0 Å². The zero-order valence-electron chi connectivity index (χ0n) is 11.0. The van der Waals surface area contributed by atoms with Crippen LogP contribution in [0.15, 0.2) is 18.2 Å². The molecule has 0 atom stereocenters. The summed E-state index contributed by atoms with van der Waals surface area (Å²) < 4.78 is 10.8. The molecule has 0 amide bonds. The molecule has 0 radical (unpaired) electrons. The molecule has 0 aliphatic carbocycles. The molecule has 1 aromatic carbocycles. The average molecular weight is 280 g/mol. The number of halogens is 1. The fraction of sp³-hybridized carbons (Fsp3) is 0.308. The number of nitrogens with zero attached hydrogens (tertiary/aromatic N) is 3. The fourth-order valence-corrected chi connectivity index (χ4v) is 1.80. The first-order valence-electron chi connectivity index (χ1n) is 5.87. The molecule has 2 rings (SSSR count). The first-order chi connectivity index (χ1) is 9.06. The molecule has 6 heteroatoms. The van der Waals surface area contributed by atoms with Crippen LogP contribution in [0.2, 0.25) is 5.28 Å². The molecule has 5 nitrogen and oxygen atoms in total. The molecule has 1 aromatic heterocycles. The standard InChI is InChI=1S/C13H14ClN3O2/c1-4-18-12-15-11(14)16-13(17-12)19-10-6-8(2)5-9(3)7-10/h5-7H,4H2,1-3H3. The van der Waals surface area contributed by atoms with Gasteiger partial charge in [0.15, 0.2) is 0 Å². The highest BCUT2D eigenvalue weighted by Crippen LogP contribution is 2.23. The quantitative estimate of drug-likeness (QED) is 0.859. The first kappa shape index (κ1) is 13.5. The van der Waals surface area contributed by atoms with Gasteiger partial charge < -0.3 is 9.47 Å². The maximum absolute atomic E-state index is 5.79. The number of aryl methyl sites for hydroxylation is 2. The van der Waals surface area contributed by atoms with E-state index < -0.39 is 0 Å². The lowest BCUT2D eigenvalue weighted by Gasteiger charge is -2.07. The van der Waals surface area contributed by atoms with E-state index in [1.54, 1.807) is 0 Å². The Morgan fingerprint density at radius 1 is 1.00 bits per heavy atom. The fourth-order valence-electron chi connectivity index (χ4n) is 1.65. The van der Waals surface area contributed by atoms with Crippen molar-refractivity contribution < 1.29 is 9.47 Å². The summed E-state index contributed by atoms with van der Waals surface area (Å²) in [6.45, 7) is 6.27. The smallest absolute Gasteiger partial charge is 0.329 e. The van der Waals surface area contributed by atoms with Crippen LogP contribution in [0.5, 0.6) is 17.8 Å². The number of aromatic nitrogens is 3. The van der Waals surface area contributed by atoms with Crippen LogP contribution in [0.1, 0.15) is 18.1 Å². The van der Waals surface area contributed by atoms with Crippen molar-refractivity contribution in [1.82, 2.24) is 15.0 Å². The zero-order valence-corrected chi connectivity index (χ0v) is 11.7. The summed E-state index contributed by atoms with van der Waals surface area (Å²) in [5.74, 6) is 0.655. The number of ether oxygens (including phenoxy) is 2. The normalized spacial score (nSPS) is 10.3. The SMILES string of the molecule is CCOc1nc(Cl)nc(Oc2cc(C)cc(C)c2)n1. The monoisotopic (exact) mass is 279 g/mol. The van der Waals surface area contributed by atoms with E-state index in [2.05, 4.69) is 21.0 Å². The Labute approximate surface area is 116 Å². The van der Waals surface area contributed by atoms with Gasteiger partial charge in [-0.3, -0.25) is 0 Å². The van der Waals surface area contributed by atoms with Crippen molar-refractivity contribution in [3.63, 3.8) is 0 Å². The van der Waals surface area contributed by atoms with Gasteiger partial charge in [0.05, 0.1) is 6.61 Å². The Bertz CT molecular complexity index is 570. The molecule has 0 aliphatic heterocycles. The third-order valence-electron chi connectivity index (χ3n) is 2.24. The predicted molar refractivity (Wildman–Crippen MR) is 72.0 cm³/mol. The van der Waals surface area contributed by atoms with Crippen LogP contribution >= 0.6 is 11.6 Å². The number of rotatable bonds is 4. The second-order valence-corrected chi connectivity index (χ2v) is 4.37. The maximum Gasteiger partial charge on any atom is 0.329 e. The molecule has 100 valence electrons. The lowest BCUT2D eigenvalue weighted by atomic mass is 10.1. The van der Waals surface area contributed by atoms with Crippen LogP contribution < -0.4 is 9.47 Å². The maximum atomic E-state index is 5.79. The van der Waals surface area contributed by atoms with Gasteiger partial charge in [0.25, 0.3) is 0 Å². The van der Waals surface area contributed by atoms with E-state index in [0.29, 0.717) is 12.4 Å². The second-order valence-electron chi connectivity index (χ2n) is 4.03. The molecule has 2 aromatic rings. The van der Waals surface area contributed by atoms with Crippen LogP contribution in [0.4, 0.5) is 0 Å². The Morgan fingerprint density at radius 2 is 1.63 bits per heavy atom. The van der Waals surface area contributed by atoms with E-state index in [1.165, 1.54) is 0 Å². The lowest BCUT2D eigenvalue weighted by Crippen LogP contribution is -2.01. The highest BCUT2D eigenvalue weighted by molar-refractivity contribution is 6.28. The highest BCUT2D eigenvalue weighted by atomic mass is 35.5. The van der Waals surface area contributed by atoms with E-state index in [9.17, 15) is 0 Å². The molecule has 0 spiro atoms. The third kappa shape index (κ3) is 3.79. The third-order valence-corrected chi connectivity index (χ3v) is 2.41. The molecule has 0 saturated carbocycles. The molecular weight excluding hydrogens is 266 g/mol. The van der Waals surface area contributed by atoms with E-state index >= 15 is 0 Å². The Kier molecular flexibility index (Phi) is 4.16. The largest absolute Gasteiger partial charge is 0.464 e. The zero-order chi connectivity index (χ0) is 13.8. The molecule has 1 heterocycles. The summed E-state index contributed by atoms with van der Waals surface area (Å²) in [6, 6.07) is 6.12. The van der Waals surface area contributed by atoms with E-state index in [1.807, 2.05) is 32.9 Å². The van der Waals surface area contributed by atoms with Gasteiger partial charge in [-0.05, 0) is 55.6 Å². The number of hydrogen-bond acceptors (Lipinski definition) is 5. The summed E-state index contributed by atoms with van der Waals surface area (Å²) in [4.78, 5) is 11.8. The van der Waals surface area contributed by atoms with Crippen molar-refractivity contribution in [2.75, 3.05) is 6.61 Å². The van der Waals surface area contributed by atoms with E-state index in [0.717, 1.165) is 11.1 Å². The topological polar surface area (TPSA) is 57.1 Å². The minimum atomic E-state index is 0.0397. The van der Waals surface area contributed by atoms with Crippen molar-refractivity contribution in [3.8, 4) is 17.8 Å². The lowest BCUT2D eigenvalue weighted by molar-refractivity contribution is 0.303. The first-order valence-corrected chi connectivity index (χ1v) is 6.25. The van der Waals surface area contributed by atoms with Crippen LogP contribution in [-0.4, -0.2) is 21.6 Å². The molecule has 0 N–H and O–H groups in total. The Hall–Kier alpha value is -1.88. The van der Waals surface area contributed by atoms with Gasteiger partial charge in [-0.15, -0.1) is 4.98 Å². The van der Waals surface area contributed by atoms with Crippen molar-refractivity contribution in [2.24, 2.45) is 0 Å². The van der Waals surface area contributed by atoms with Crippen LogP contribution in [-0.2, 0) is 0 Å². The number of benzene rings is 1. The molecular formula is C13H14ClN3O2. The summed E-state index contributed by atoms with van der Waals surface area (Å²) >= 11 is 5.79. The van der Waals surface area contributed by atoms with Crippen LogP contribution in [0.25, 0.3) is 0 Å². The predicted octanol–water partition coefficient (Wildman–Crippen LogP) is 3.33. The summed E-state index contributed by atoms with van der Waals surface area (Å²) in [6.07, 6.45) is 0. The minimum Gasteiger partial charge on any atom is -0.464 e. The molecule has 0 saturated heterocycles. The number of hydrogen-bond donors (Lipinski definition) is 0. The van der Waals surface area contributed by atoms with Gasteiger partial charge in [-0.1, -0.05) is 6.07 Å².